The first-order chi connectivity index (χ1) is 11.7. The van der Waals surface area contributed by atoms with Crippen LogP contribution in [-0.2, 0) is 5.75 Å². The van der Waals surface area contributed by atoms with E-state index in [4.69, 9.17) is 16.0 Å². The predicted molar refractivity (Wildman–Crippen MR) is 95.2 cm³/mol. The van der Waals surface area contributed by atoms with Crippen molar-refractivity contribution in [3.05, 3.63) is 40.6 Å². The van der Waals surface area contributed by atoms with Gasteiger partial charge in [-0.15, -0.1) is 20.4 Å². The Bertz CT molecular complexity index is 861. The van der Waals surface area contributed by atoms with Crippen molar-refractivity contribution >= 4 is 45.5 Å². The highest BCUT2D eigenvalue weighted by Gasteiger charge is 2.29. The Balaban J connectivity index is 1.38. The Morgan fingerprint density at radius 3 is 3.00 bits per heavy atom. The van der Waals surface area contributed by atoms with Gasteiger partial charge in [0.1, 0.15) is 0 Å². The second kappa shape index (κ2) is 6.70. The van der Waals surface area contributed by atoms with E-state index >= 15 is 0 Å². The van der Waals surface area contributed by atoms with Gasteiger partial charge in [0, 0.05) is 16.6 Å². The fraction of sp³-hybridized carbons (Fsp3) is 0.333. The van der Waals surface area contributed by atoms with Gasteiger partial charge in [-0.05, 0) is 37.5 Å². The summed E-state index contributed by atoms with van der Waals surface area (Å²) in [7, 11) is 0. The van der Waals surface area contributed by atoms with Crippen molar-refractivity contribution in [3.8, 4) is 0 Å². The Hall–Kier alpha value is -1.64. The van der Waals surface area contributed by atoms with E-state index in [1.165, 1.54) is 11.3 Å². The van der Waals surface area contributed by atoms with Crippen LogP contribution in [0.2, 0.25) is 5.02 Å². The molecule has 6 nitrogen and oxygen atoms in total. The van der Waals surface area contributed by atoms with Gasteiger partial charge < -0.3 is 9.73 Å². The molecule has 24 heavy (non-hydrogen) atoms. The third-order valence-electron chi connectivity index (χ3n) is 3.64. The molecule has 4 rings (SSSR count). The van der Waals surface area contributed by atoms with Crippen molar-refractivity contribution in [1.29, 1.82) is 0 Å². The molecule has 0 spiro atoms. The van der Waals surface area contributed by atoms with Crippen LogP contribution in [0.25, 0.3) is 0 Å². The lowest BCUT2D eigenvalue weighted by molar-refractivity contribution is 0.466. The summed E-state index contributed by atoms with van der Waals surface area (Å²) in [5.41, 5.74) is 1.92. The van der Waals surface area contributed by atoms with Crippen molar-refractivity contribution in [2.75, 3.05) is 5.32 Å². The van der Waals surface area contributed by atoms with Crippen LogP contribution in [0.5, 0.6) is 0 Å². The number of hydrogen-bond acceptors (Lipinski definition) is 8. The van der Waals surface area contributed by atoms with Gasteiger partial charge in [-0.25, -0.2) is 0 Å². The number of nitrogens with one attached hydrogen (secondary N) is 1. The average molecular weight is 380 g/mol. The lowest BCUT2D eigenvalue weighted by Gasteiger charge is -2.06. The second-order valence-electron chi connectivity index (χ2n) is 5.51. The molecule has 0 atom stereocenters. The average Bonchev–Trinajstić information content (AvgIpc) is 3.15. The summed E-state index contributed by atoms with van der Waals surface area (Å²) >= 11 is 9.16. The number of rotatable bonds is 6. The minimum absolute atomic E-state index is 0.481. The molecule has 0 bridgehead atoms. The summed E-state index contributed by atoms with van der Waals surface area (Å²) in [6, 6.07) is 5.73. The zero-order valence-corrected chi connectivity index (χ0v) is 15.2. The maximum Gasteiger partial charge on any atom is 0.226 e. The Morgan fingerprint density at radius 2 is 2.17 bits per heavy atom. The zero-order chi connectivity index (χ0) is 16.5. The third kappa shape index (κ3) is 3.55. The largest absolute Gasteiger partial charge is 0.424 e. The number of halogens is 1. The molecule has 0 radical (unpaired) electrons. The lowest BCUT2D eigenvalue weighted by atomic mass is 10.2. The van der Waals surface area contributed by atoms with Crippen LogP contribution in [0.15, 0.2) is 27.0 Å². The van der Waals surface area contributed by atoms with E-state index in [2.05, 4.69) is 25.7 Å². The zero-order valence-electron chi connectivity index (χ0n) is 12.8. The Morgan fingerprint density at radius 1 is 1.29 bits per heavy atom. The topological polar surface area (TPSA) is 76.7 Å². The molecule has 1 N–H and O–H groups in total. The van der Waals surface area contributed by atoms with Crippen molar-refractivity contribution in [3.63, 3.8) is 0 Å². The van der Waals surface area contributed by atoms with Crippen molar-refractivity contribution < 1.29 is 4.42 Å². The maximum absolute atomic E-state index is 6.13. The molecule has 124 valence electrons. The number of benzene rings is 1. The van der Waals surface area contributed by atoms with Gasteiger partial charge in [0.25, 0.3) is 0 Å². The van der Waals surface area contributed by atoms with E-state index in [-0.39, 0.29) is 0 Å². The van der Waals surface area contributed by atoms with Crippen molar-refractivity contribution in [2.24, 2.45) is 0 Å². The fourth-order valence-electron chi connectivity index (χ4n) is 2.12. The number of aromatic nitrogens is 4. The second-order valence-corrected chi connectivity index (χ2v) is 8.11. The third-order valence-corrected chi connectivity index (χ3v) is 6.01. The van der Waals surface area contributed by atoms with Crippen LogP contribution < -0.4 is 5.32 Å². The molecule has 1 aliphatic carbocycles. The van der Waals surface area contributed by atoms with Crippen LogP contribution in [0.4, 0.5) is 10.8 Å². The van der Waals surface area contributed by atoms with Crippen LogP contribution in [-0.4, -0.2) is 20.4 Å². The summed E-state index contributed by atoms with van der Waals surface area (Å²) in [5, 5.41) is 21.2. The standard InChI is InChI=1S/C15H14ClN5OS2/c1-8-10(16)3-2-4-11(8)17-14-20-21-15(24-14)23-7-12-18-19-13(22-12)9-5-6-9/h2-4,9H,5-7H2,1H3,(H,17,20). The first kappa shape index (κ1) is 15.9. The number of anilines is 2. The van der Waals surface area contributed by atoms with Gasteiger partial charge in [0.2, 0.25) is 16.9 Å². The first-order valence-corrected chi connectivity index (χ1v) is 9.68. The monoisotopic (exact) mass is 379 g/mol. The molecule has 1 aromatic carbocycles. The maximum atomic E-state index is 6.13. The quantitative estimate of drug-likeness (QED) is 0.616. The number of thioether (sulfide) groups is 1. The Kier molecular flexibility index (Phi) is 4.43. The molecule has 1 saturated carbocycles. The van der Waals surface area contributed by atoms with Gasteiger partial charge in [-0.1, -0.05) is 40.8 Å². The number of hydrogen-bond donors (Lipinski definition) is 1. The van der Waals surface area contributed by atoms with Crippen LogP contribution in [0, 0.1) is 6.92 Å². The van der Waals surface area contributed by atoms with Gasteiger partial charge in [0.05, 0.1) is 5.75 Å². The highest BCUT2D eigenvalue weighted by molar-refractivity contribution is 8.00. The van der Waals surface area contributed by atoms with E-state index in [0.29, 0.717) is 17.6 Å². The smallest absolute Gasteiger partial charge is 0.226 e. The van der Waals surface area contributed by atoms with Crippen LogP contribution in [0.1, 0.15) is 36.1 Å². The van der Waals surface area contributed by atoms with Crippen LogP contribution >= 0.6 is 34.7 Å². The molecule has 0 aliphatic heterocycles. The molecule has 0 saturated heterocycles. The van der Waals surface area contributed by atoms with Crippen molar-refractivity contribution in [1.82, 2.24) is 20.4 Å². The molecule has 1 fully saturated rings. The highest BCUT2D eigenvalue weighted by Crippen LogP contribution is 2.39. The SMILES string of the molecule is Cc1c(Cl)cccc1Nc1nnc(SCc2nnc(C3CC3)o2)s1. The molecule has 1 aliphatic rings. The summed E-state index contributed by atoms with van der Waals surface area (Å²) in [5.74, 6) is 2.48. The first-order valence-electron chi connectivity index (χ1n) is 7.50. The van der Waals surface area contributed by atoms with E-state index in [9.17, 15) is 0 Å². The molecule has 9 heteroatoms. The summed E-state index contributed by atoms with van der Waals surface area (Å²) in [6.07, 6.45) is 2.31. The molecule has 0 unspecified atom stereocenters. The minimum atomic E-state index is 0.481. The highest BCUT2D eigenvalue weighted by atomic mass is 35.5. The van der Waals surface area contributed by atoms with Gasteiger partial charge in [0.15, 0.2) is 4.34 Å². The molecule has 2 heterocycles. The minimum Gasteiger partial charge on any atom is -0.424 e. The van der Waals surface area contributed by atoms with Crippen LogP contribution in [0.3, 0.4) is 0 Å². The Labute approximate surface area is 152 Å². The molecule has 2 aromatic heterocycles. The van der Waals surface area contributed by atoms with E-state index in [1.807, 2.05) is 25.1 Å². The molecule has 3 aromatic rings. The summed E-state index contributed by atoms with van der Waals surface area (Å²) in [6.45, 7) is 1.97. The van der Waals surface area contributed by atoms with Gasteiger partial charge >= 0.3 is 0 Å². The molecular formula is C15H14ClN5OS2. The van der Waals surface area contributed by atoms with Gasteiger partial charge in [-0.3, -0.25) is 0 Å². The molecule has 0 amide bonds. The van der Waals surface area contributed by atoms with E-state index in [0.717, 1.165) is 44.5 Å². The fourth-order valence-corrected chi connectivity index (χ4v) is 3.90. The van der Waals surface area contributed by atoms with E-state index < -0.39 is 0 Å². The number of nitrogens with zero attached hydrogens (tertiary/aromatic N) is 4. The summed E-state index contributed by atoms with van der Waals surface area (Å²) in [4.78, 5) is 0. The summed E-state index contributed by atoms with van der Waals surface area (Å²) < 4.78 is 6.49. The van der Waals surface area contributed by atoms with E-state index in [1.54, 1.807) is 11.8 Å². The van der Waals surface area contributed by atoms with Crippen molar-refractivity contribution in [2.45, 2.75) is 35.8 Å². The van der Waals surface area contributed by atoms with Gasteiger partial charge in [-0.2, -0.15) is 0 Å². The normalized spacial score (nSPS) is 14.1. The lowest BCUT2D eigenvalue weighted by Crippen LogP contribution is -1.92. The predicted octanol–water partition coefficient (Wildman–Crippen LogP) is 4.80. The molecular weight excluding hydrogens is 366 g/mol.